The fourth-order valence-corrected chi connectivity index (χ4v) is 2.31. The number of aryl methyl sites for hydroxylation is 1. The van der Waals surface area contributed by atoms with E-state index < -0.39 is 0 Å². The Bertz CT molecular complexity index is 537. The molecule has 18 heavy (non-hydrogen) atoms. The van der Waals surface area contributed by atoms with Gasteiger partial charge in [-0.1, -0.05) is 41.4 Å². The van der Waals surface area contributed by atoms with Gasteiger partial charge in [0.05, 0.1) is 5.69 Å². The second-order valence-corrected chi connectivity index (χ2v) is 5.69. The number of anilines is 1. The molecule has 0 aliphatic carbocycles. The Labute approximate surface area is 121 Å². The average Bonchev–Trinajstić information content (AvgIpc) is 2.34. The summed E-state index contributed by atoms with van der Waals surface area (Å²) >= 11 is 9.53. The van der Waals surface area contributed by atoms with Crippen LogP contribution in [0.5, 0.6) is 0 Å². The van der Waals surface area contributed by atoms with Gasteiger partial charge in [-0.05, 0) is 53.5 Å². The number of hydrogen-bond donors (Lipinski definition) is 1. The van der Waals surface area contributed by atoms with E-state index in [4.69, 9.17) is 11.6 Å². The molecule has 0 fully saturated rings. The van der Waals surface area contributed by atoms with E-state index in [0.29, 0.717) is 0 Å². The van der Waals surface area contributed by atoms with Crippen LogP contribution < -0.4 is 5.32 Å². The second-order valence-electron chi connectivity index (χ2n) is 4.40. The minimum absolute atomic E-state index is 0.236. The van der Waals surface area contributed by atoms with E-state index in [0.717, 1.165) is 15.2 Å². The number of rotatable bonds is 3. The maximum Gasteiger partial charge on any atom is 0.0504 e. The Balaban J connectivity index is 2.18. The summed E-state index contributed by atoms with van der Waals surface area (Å²) in [5, 5.41) is 4.19. The number of hydrogen-bond acceptors (Lipinski definition) is 1. The van der Waals surface area contributed by atoms with Crippen LogP contribution in [0.4, 0.5) is 5.69 Å². The topological polar surface area (TPSA) is 12.0 Å². The highest BCUT2D eigenvalue weighted by Gasteiger charge is 2.07. The lowest BCUT2D eigenvalue weighted by atomic mass is 10.1. The molecule has 3 heteroatoms. The largest absolute Gasteiger partial charge is 0.378 e. The van der Waals surface area contributed by atoms with Crippen molar-refractivity contribution >= 4 is 33.2 Å². The summed E-state index contributed by atoms with van der Waals surface area (Å²) in [6.45, 7) is 4.23. The standard InChI is InChI=1S/C15H15BrClN/c1-10-3-5-12(6-4-10)11(2)18-15-9-13(17)7-8-14(15)16/h3-9,11,18H,1-2H3. The van der Waals surface area contributed by atoms with Crippen LogP contribution in [0, 0.1) is 6.92 Å². The summed E-state index contributed by atoms with van der Waals surface area (Å²) in [6.07, 6.45) is 0. The SMILES string of the molecule is Cc1ccc(C(C)Nc2cc(Cl)ccc2Br)cc1. The Hall–Kier alpha value is -0.990. The van der Waals surface area contributed by atoms with Crippen molar-refractivity contribution in [2.24, 2.45) is 0 Å². The second kappa shape index (κ2) is 5.77. The molecule has 0 aromatic heterocycles. The van der Waals surface area contributed by atoms with Gasteiger partial charge in [0.15, 0.2) is 0 Å². The van der Waals surface area contributed by atoms with Crippen molar-refractivity contribution in [1.29, 1.82) is 0 Å². The van der Waals surface area contributed by atoms with Gasteiger partial charge in [0, 0.05) is 15.5 Å². The van der Waals surface area contributed by atoms with Gasteiger partial charge in [0.2, 0.25) is 0 Å². The van der Waals surface area contributed by atoms with Crippen molar-refractivity contribution in [2.75, 3.05) is 5.32 Å². The van der Waals surface area contributed by atoms with Crippen molar-refractivity contribution < 1.29 is 0 Å². The number of nitrogens with one attached hydrogen (secondary N) is 1. The van der Waals surface area contributed by atoms with Crippen molar-refractivity contribution in [3.63, 3.8) is 0 Å². The van der Waals surface area contributed by atoms with Gasteiger partial charge in [0.1, 0.15) is 0 Å². The molecule has 0 saturated heterocycles. The molecule has 2 aromatic carbocycles. The van der Waals surface area contributed by atoms with Gasteiger partial charge in [0.25, 0.3) is 0 Å². The molecule has 1 unspecified atom stereocenters. The van der Waals surface area contributed by atoms with E-state index in [1.54, 1.807) is 0 Å². The van der Waals surface area contributed by atoms with Crippen LogP contribution in [-0.4, -0.2) is 0 Å². The highest BCUT2D eigenvalue weighted by Crippen LogP contribution is 2.29. The van der Waals surface area contributed by atoms with Gasteiger partial charge < -0.3 is 5.32 Å². The van der Waals surface area contributed by atoms with Crippen LogP contribution in [0.25, 0.3) is 0 Å². The minimum atomic E-state index is 0.236. The van der Waals surface area contributed by atoms with E-state index in [1.807, 2.05) is 18.2 Å². The predicted molar refractivity (Wildman–Crippen MR) is 82.4 cm³/mol. The molecule has 0 radical (unpaired) electrons. The summed E-state index contributed by atoms with van der Waals surface area (Å²) in [5.74, 6) is 0. The lowest BCUT2D eigenvalue weighted by molar-refractivity contribution is 0.883. The molecule has 94 valence electrons. The van der Waals surface area contributed by atoms with E-state index in [-0.39, 0.29) is 6.04 Å². The first-order chi connectivity index (χ1) is 8.56. The average molecular weight is 325 g/mol. The van der Waals surface area contributed by atoms with Crippen LogP contribution >= 0.6 is 27.5 Å². The lowest BCUT2D eigenvalue weighted by Gasteiger charge is -2.17. The van der Waals surface area contributed by atoms with Gasteiger partial charge >= 0.3 is 0 Å². The predicted octanol–water partition coefficient (Wildman–Crippen LogP) is 5.58. The maximum absolute atomic E-state index is 6.01. The third kappa shape index (κ3) is 3.27. The summed E-state index contributed by atoms with van der Waals surface area (Å²) < 4.78 is 1.02. The smallest absolute Gasteiger partial charge is 0.0504 e. The zero-order chi connectivity index (χ0) is 13.1. The van der Waals surface area contributed by atoms with Crippen molar-refractivity contribution in [3.8, 4) is 0 Å². The van der Waals surface area contributed by atoms with Crippen LogP contribution in [0.15, 0.2) is 46.9 Å². The summed E-state index contributed by atoms with van der Waals surface area (Å²) in [5.41, 5.74) is 3.54. The molecule has 0 aliphatic heterocycles. The molecule has 0 aliphatic rings. The quantitative estimate of drug-likeness (QED) is 0.776. The first-order valence-electron chi connectivity index (χ1n) is 5.84. The van der Waals surface area contributed by atoms with Gasteiger partial charge in [-0.2, -0.15) is 0 Å². The molecule has 0 amide bonds. The highest BCUT2D eigenvalue weighted by molar-refractivity contribution is 9.10. The van der Waals surface area contributed by atoms with E-state index >= 15 is 0 Å². The van der Waals surface area contributed by atoms with Crippen molar-refractivity contribution in [1.82, 2.24) is 0 Å². The van der Waals surface area contributed by atoms with Gasteiger partial charge in [-0.15, -0.1) is 0 Å². The van der Waals surface area contributed by atoms with Crippen LogP contribution in [-0.2, 0) is 0 Å². The summed E-state index contributed by atoms with van der Waals surface area (Å²) in [6, 6.07) is 14.5. The number of halogens is 2. The number of benzene rings is 2. The summed E-state index contributed by atoms with van der Waals surface area (Å²) in [4.78, 5) is 0. The molecular formula is C15H15BrClN. The molecule has 2 aromatic rings. The molecule has 0 bridgehead atoms. The van der Waals surface area contributed by atoms with E-state index in [1.165, 1.54) is 11.1 Å². The molecule has 0 saturated carbocycles. The third-order valence-corrected chi connectivity index (χ3v) is 3.80. The van der Waals surface area contributed by atoms with Crippen LogP contribution in [0.3, 0.4) is 0 Å². The molecule has 2 rings (SSSR count). The Morgan fingerprint density at radius 1 is 1.11 bits per heavy atom. The molecule has 1 atom stereocenters. The van der Waals surface area contributed by atoms with Crippen molar-refractivity contribution in [3.05, 3.63) is 63.1 Å². The summed E-state index contributed by atoms with van der Waals surface area (Å²) in [7, 11) is 0. The Morgan fingerprint density at radius 2 is 1.78 bits per heavy atom. The lowest BCUT2D eigenvalue weighted by Crippen LogP contribution is -2.06. The van der Waals surface area contributed by atoms with Crippen LogP contribution in [0.2, 0.25) is 5.02 Å². The first kappa shape index (κ1) is 13.4. The fraction of sp³-hybridized carbons (Fsp3) is 0.200. The van der Waals surface area contributed by atoms with E-state index in [9.17, 15) is 0 Å². The molecule has 1 nitrogen and oxygen atoms in total. The fourth-order valence-electron chi connectivity index (χ4n) is 1.78. The monoisotopic (exact) mass is 323 g/mol. The van der Waals surface area contributed by atoms with Gasteiger partial charge in [-0.25, -0.2) is 0 Å². The van der Waals surface area contributed by atoms with Crippen LogP contribution in [0.1, 0.15) is 24.1 Å². The highest BCUT2D eigenvalue weighted by atomic mass is 79.9. The Kier molecular flexibility index (Phi) is 4.31. The molecule has 1 N–H and O–H groups in total. The minimum Gasteiger partial charge on any atom is -0.378 e. The molecular weight excluding hydrogens is 310 g/mol. The zero-order valence-corrected chi connectivity index (χ0v) is 12.7. The molecule has 0 heterocycles. The molecule has 0 spiro atoms. The normalized spacial score (nSPS) is 12.2. The Morgan fingerprint density at radius 3 is 2.44 bits per heavy atom. The van der Waals surface area contributed by atoms with Gasteiger partial charge in [-0.3, -0.25) is 0 Å². The zero-order valence-electron chi connectivity index (χ0n) is 10.4. The third-order valence-electron chi connectivity index (χ3n) is 2.88. The van der Waals surface area contributed by atoms with Crippen molar-refractivity contribution in [2.45, 2.75) is 19.9 Å². The maximum atomic E-state index is 6.01. The van der Waals surface area contributed by atoms with E-state index in [2.05, 4.69) is 59.4 Å². The first-order valence-corrected chi connectivity index (χ1v) is 7.01.